The molecule has 12 nitrogen and oxygen atoms in total. The number of aliphatic hydroxyl groups excluding tert-OH is 1. The average molecular weight is 539 g/mol. The predicted octanol–water partition coefficient (Wildman–Crippen LogP) is 0.287. The van der Waals surface area contributed by atoms with Crippen LogP contribution < -0.4 is 11.1 Å². The van der Waals surface area contributed by atoms with Crippen molar-refractivity contribution in [2.45, 2.75) is 57.2 Å². The van der Waals surface area contributed by atoms with Gasteiger partial charge in [-0.2, -0.15) is 5.26 Å². The number of hydrogen-bond acceptors (Lipinski definition) is 9. The van der Waals surface area contributed by atoms with Crippen LogP contribution in [0.5, 0.6) is 5.75 Å². The maximum absolute atomic E-state index is 13.7. The summed E-state index contributed by atoms with van der Waals surface area (Å²) < 4.78 is 10.5. The first kappa shape index (κ1) is 29.1. The Kier molecular flexibility index (Phi) is 8.90. The summed E-state index contributed by atoms with van der Waals surface area (Å²) in [6.07, 6.45) is -3.72. The van der Waals surface area contributed by atoms with Crippen molar-refractivity contribution in [3.8, 4) is 11.8 Å². The minimum Gasteiger partial charge on any atom is -0.508 e. The van der Waals surface area contributed by atoms with Crippen LogP contribution in [-0.2, 0) is 30.3 Å². The Morgan fingerprint density at radius 2 is 1.85 bits per heavy atom. The number of aromatic hydroxyl groups is 1. The lowest BCUT2D eigenvalue weighted by Crippen LogP contribution is -2.60. The highest BCUT2D eigenvalue weighted by atomic mass is 16.6. The van der Waals surface area contributed by atoms with Gasteiger partial charge in [0.05, 0.1) is 11.6 Å². The molecule has 0 radical (unpaired) electrons. The van der Waals surface area contributed by atoms with E-state index in [0.717, 1.165) is 0 Å². The molecule has 2 aromatic rings. The number of primary amides is 1. The molecule has 4 atom stereocenters. The van der Waals surface area contributed by atoms with E-state index in [1.807, 2.05) is 0 Å². The van der Waals surface area contributed by atoms with Gasteiger partial charge in [0.15, 0.2) is 18.8 Å². The fourth-order valence-electron chi connectivity index (χ4n) is 4.45. The maximum atomic E-state index is 13.7. The van der Waals surface area contributed by atoms with Crippen molar-refractivity contribution in [2.75, 3.05) is 6.61 Å². The number of carbonyl (C=O) groups is 4. The van der Waals surface area contributed by atoms with Crippen molar-refractivity contribution in [1.82, 2.24) is 10.2 Å². The van der Waals surface area contributed by atoms with E-state index in [9.17, 15) is 29.4 Å². The molecule has 1 aliphatic heterocycles. The minimum absolute atomic E-state index is 0.0137. The Morgan fingerprint density at radius 3 is 2.46 bits per heavy atom. The summed E-state index contributed by atoms with van der Waals surface area (Å²) in [6, 6.07) is 11.9. The Bertz CT molecular complexity index is 1290. The Balaban J connectivity index is 1.99. The fourth-order valence-corrected chi connectivity index (χ4v) is 4.45. The number of nitrogens with zero attached hydrogens (tertiary/aromatic N) is 2. The summed E-state index contributed by atoms with van der Waals surface area (Å²) in [4.78, 5) is 52.7. The van der Waals surface area contributed by atoms with E-state index in [1.54, 1.807) is 36.4 Å². The summed E-state index contributed by atoms with van der Waals surface area (Å²) >= 11 is 0. The number of hydrogen-bond donors (Lipinski definition) is 4. The molecule has 1 heterocycles. The molecule has 2 unspecified atom stereocenters. The van der Waals surface area contributed by atoms with Crippen molar-refractivity contribution in [3.63, 3.8) is 0 Å². The molecule has 0 aromatic heterocycles. The number of phenolic OH excluding ortho intramolecular Hbond substituents is 1. The smallest absolute Gasteiger partial charge is 0.333 e. The van der Waals surface area contributed by atoms with Crippen LogP contribution in [0.2, 0.25) is 0 Å². The summed E-state index contributed by atoms with van der Waals surface area (Å²) in [5, 5.41) is 32.8. The number of nitriles is 1. The van der Waals surface area contributed by atoms with E-state index >= 15 is 0 Å². The lowest BCUT2D eigenvalue weighted by atomic mass is 9.95. The van der Waals surface area contributed by atoms with Crippen LogP contribution in [0.25, 0.3) is 0 Å². The van der Waals surface area contributed by atoms with E-state index < -0.39 is 60.3 Å². The first-order chi connectivity index (χ1) is 18.4. The van der Waals surface area contributed by atoms with Crippen LogP contribution in [0.1, 0.15) is 35.3 Å². The van der Waals surface area contributed by atoms with E-state index in [2.05, 4.69) is 5.32 Å². The summed E-state index contributed by atoms with van der Waals surface area (Å²) in [5.41, 5.74) is 5.06. The molecule has 1 aliphatic rings. The highest BCUT2D eigenvalue weighted by molar-refractivity contribution is 5.98. The largest absolute Gasteiger partial charge is 0.508 e. The number of amides is 3. The normalized spacial score (nSPS) is 19.4. The van der Waals surface area contributed by atoms with Gasteiger partial charge in [-0.15, -0.1) is 0 Å². The molecule has 5 N–H and O–H groups in total. The number of ether oxygens (including phenoxy) is 2. The lowest BCUT2D eigenvalue weighted by Gasteiger charge is -2.32. The Hall–Kier alpha value is -4.47. The molecule has 1 fully saturated rings. The first-order valence-corrected chi connectivity index (χ1v) is 12.0. The second-order valence-electron chi connectivity index (χ2n) is 9.55. The highest BCUT2D eigenvalue weighted by Gasteiger charge is 2.57. The van der Waals surface area contributed by atoms with Crippen LogP contribution in [-0.4, -0.2) is 75.4 Å². The van der Waals surface area contributed by atoms with Crippen molar-refractivity contribution in [3.05, 3.63) is 65.2 Å². The zero-order chi connectivity index (χ0) is 28.9. The number of nitrogens with two attached hydrogens (primary N) is 1. The zero-order valence-electron chi connectivity index (χ0n) is 21.7. The minimum atomic E-state index is -1.97. The third kappa shape index (κ3) is 6.34. The van der Waals surface area contributed by atoms with E-state index in [-0.39, 0.29) is 23.3 Å². The molecule has 39 heavy (non-hydrogen) atoms. The molecule has 0 bridgehead atoms. The number of phenols is 1. The summed E-state index contributed by atoms with van der Waals surface area (Å²) in [7, 11) is 0. The van der Waals surface area contributed by atoms with Crippen LogP contribution in [0.15, 0.2) is 48.5 Å². The van der Waals surface area contributed by atoms with Crippen LogP contribution in [0.4, 0.5) is 0 Å². The van der Waals surface area contributed by atoms with Gasteiger partial charge in [0.25, 0.3) is 17.7 Å². The van der Waals surface area contributed by atoms with Crippen molar-refractivity contribution < 1.29 is 38.9 Å². The lowest BCUT2D eigenvalue weighted by molar-refractivity contribution is -0.161. The number of esters is 1. The van der Waals surface area contributed by atoms with Gasteiger partial charge in [-0.1, -0.05) is 36.4 Å². The standard InChI is InChI=1S/C27H30N4O8/c1-15-17(10-7-11-19(15)32)23(35)30-18(14-16-8-5-4-6-9-16)20(33)24(36)31-21(26(37)38-13-12-28)27(2,3)39-25(31)22(29)34/h4-11,18,20-21,25,32-33H,13-14H2,1-3H3,(H2,29,34)(H,30,35)/t18-,20-,21?,25?/m0/s1. The number of aliphatic hydroxyl groups is 1. The van der Waals surface area contributed by atoms with Gasteiger partial charge in [-0.25, -0.2) is 4.79 Å². The number of benzene rings is 2. The molecule has 206 valence electrons. The number of rotatable bonds is 9. The summed E-state index contributed by atoms with van der Waals surface area (Å²) in [5.74, 6) is -4.05. The SMILES string of the molecule is Cc1c(O)cccc1C(=O)N[C@@H](Cc1ccccc1)[C@H](O)C(=O)N1C(C(N)=O)OC(C)(C)C1C(=O)OCC#N. The average Bonchev–Trinajstić information content (AvgIpc) is 3.19. The van der Waals surface area contributed by atoms with E-state index in [4.69, 9.17) is 20.5 Å². The monoisotopic (exact) mass is 538 g/mol. The van der Waals surface area contributed by atoms with Gasteiger partial charge < -0.3 is 30.7 Å². The first-order valence-electron chi connectivity index (χ1n) is 12.0. The molecule has 0 aliphatic carbocycles. The van der Waals surface area contributed by atoms with Gasteiger partial charge in [0.2, 0.25) is 6.23 Å². The molecular weight excluding hydrogens is 508 g/mol. The molecule has 0 saturated carbocycles. The molecule has 3 rings (SSSR count). The van der Waals surface area contributed by atoms with Gasteiger partial charge in [-0.05, 0) is 44.9 Å². The second-order valence-corrected chi connectivity index (χ2v) is 9.55. The van der Waals surface area contributed by atoms with E-state index in [1.165, 1.54) is 39.0 Å². The third-order valence-electron chi connectivity index (χ3n) is 6.40. The highest BCUT2D eigenvalue weighted by Crippen LogP contribution is 2.34. The molecular formula is C27H30N4O8. The molecule has 1 saturated heterocycles. The quantitative estimate of drug-likeness (QED) is 0.325. The topological polar surface area (TPSA) is 192 Å². The molecule has 12 heteroatoms. The van der Waals surface area contributed by atoms with Crippen molar-refractivity contribution >= 4 is 23.7 Å². The number of carbonyl (C=O) groups excluding carboxylic acids is 4. The maximum Gasteiger partial charge on any atom is 0.333 e. The molecule has 0 spiro atoms. The van der Waals surface area contributed by atoms with E-state index in [0.29, 0.717) is 10.5 Å². The Morgan fingerprint density at radius 1 is 1.18 bits per heavy atom. The fraction of sp³-hybridized carbons (Fsp3) is 0.370. The molecule has 3 amide bonds. The summed E-state index contributed by atoms with van der Waals surface area (Å²) in [6.45, 7) is 3.77. The van der Waals surface area contributed by atoms with Crippen molar-refractivity contribution in [2.24, 2.45) is 5.73 Å². The molecule has 2 aromatic carbocycles. The Labute approximate surface area is 224 Å². The van der Waals surface area contributed by atoms with Crippen molar-refractivity contribution in [1.29, 1.82) is 5.26 Å². The van der Waals surface area contributed by atoms with Crippen LogP contribution in [0.3, 0.4) is 0 Å². The van der Waals surface area contributed by atoms with Gasteiger partial charge in [0, 0.05) is 11.1 Å². The zero-order valence-corrected chi connectivity index (χ0v) is 21.7. The predicted molar refractivity (Wildman–Crippen MR) is 136 cm³/mol. The van der Waals surface area contributed by atoms with Crippen LogP contribution in [0, 0.1) is 18.3 Å². The third-order valence-corrected chi connectivity index (χ3v) is 6.40. The number of nitrogens with one attached hydrogen (secondary N) is 1. The second kappa shape index (κ2) is 11.9. The van der Waals surface area contributed by atoms with Gasteiger partial charge in [-0.3, -0.25) is 19.3 Å². The van der Waals surface area contributed by atoms with Crippen LogP contribution >= 0.6 is 0 Å². The van der Waals surface area contributed by atoms with Gasteiger partial charge >= 0.3 is 5.97 Å². The van der Waals surface area contributed by atoms with Gasteiger partial charge in [0.1, 0.15) is 11.8 Å².